The van der Waals surface area contributed by atoms with Gasteiger partial charge in [0.2, 0.25) is 0 Å². The van der Waals surface area contributed by atoms with Crippen molar-refractivity contribution in [1.82, 2.24) is 0 Å². The lowest BCUT2D eigenvalue weighted by molar-refractivity contribution is -0.129. The highest BCUT2D eigenvalue weighted by molar-refractivity contribution is 7.14. The quantitative estimate of drug-likeness (QED) is 0.652. The lowest BCUT2D eigenvalue weighted by atomic mass is 10.2. The van der Waals surface area contributed by atoms with Crippen LogP contribution in [0.2, 0.25) is 0 Å². The molecular weight excluding hydrogens is 314 g/mol. The van der Waals surface area contributed by atoms with Crippen molar-refractivity contribution in [2.75, 3.05) is 26.1 Å². The molecule has 0 bridgehead atoms. The molecule has 0 aliphatic carbocycles. The average Bonchev–Trinajstić information content (AvgIpc) is 2.99. The molecule has 0 fully saturated rings. The first-order valence-corrected chi connectivity index (χ1v) is 7.64. The van der Waals surface area contributed by atoms with Gasteiger partial charge in [0.1, 0.15) is 12.1 Å². The summed E-state index contributed by atoms with van der Waals surface area (Å²) in [5.74, 6) is -1.14. The number of oxime groups is 1. The minimum Gasteiger partial charge on any atom is -0.476 e. The van der Waals surface area contributed by atoms with E-state index in [1.54, 1.807) is 17.7 Å². The molecule has 2 rings (SSSR count). The standard InChI is InChI=1S/C16H17N3O3S/c1-19(2)13-6-4-11(5-7-13)9-17-14-8-12(10-23-14)15(16(20)21)18-22-3/h4-10H,1-3H3,(H,20,21)/b17-9?,18-15+. The molecule has 1 heterocycles. The normalized spacial score (nSPS) is 11.7. The summed E-state index contributed by atoms with van der Waals surface area (Å²) in [5, 5.41) is 15.0. The Hall–Kier alpha value is -2.67. The van der Waals surface area contributed by atoms with Crippen LogP contribution < -0.4 is 4.90 Å². The van der Waals surface area contributed by atoms with Crippen molar-refractivity contribution in [1.29, 1.82) is 0 Å². The largest absolute Gasteiger partial charge is 0.476 e. The smallest absolute Gasteiger partial charge is 0.358 e. The van der Waals surface area contributed by atoms with E-state index in [1.165, 1.54) is 18.4 Å². The van der Waals surface area contributed by atoms with Crippen LogP contribution in [0.5, 0.6) is 0 Å². The molecule has 7 heteroatoms. The Morgan fingerprint density at radius 2 is 2.00 bits per heavy atom. The Bertz CT molecular complexity index is 733. The van der Waals surface area contributed by atoms with E-state index in [2.05, 4.69) is 15.0 Å². The van der Waals surface area contributed by atoms with Crippen LogP contribution in [0.3, 0.4) is 0 Å². The summed E-state index contributed by atoms with van der Waals surface area (Å²) in [6, 6.07) is 9.64. The number of hydrogen-bond acceptors (Lipinski definition) is 6. The van der Waals surface area contributed by atoms with E-state index >= 15 is 0 Å². The molecule has 1 N–H and O–H groups in total. The van der Waals surface area contributed by atoms with Crippen LogP contribution in [0, 0.1) is 0 Å². The number of aliphatic carboxylic acids is 1. The minimum absolute atomic E-state index is 0.138. The highest BCUT2D eigenvalue weighted by Gasteiger charge is 2.15. The van der Waals surface area contributed by atoms with Gasteiger partial charge in [-0.3, -0.25) is 0 Å². The van der Waals surface area contributed by atoms with Gasteiger partial charge in [-0.05, 0) is 23.8 Å². The zero-order valence-electron chi connectivity index (χ0n) is 13.1. The predicted molar refractivity (Wildman–Crippen MR) is 93.5 cm³/mol. The number of hydrogen-bond donors (Lipinski definition) is 1. The third-order valence-electron chi connectivity index (χ3n) is 2.99. The van der Waals surface area contributed by atoms with Gasteiger partial charge in [0.15, 0.2) is 5.71 Å². The van der Waals surface area contributed by atoms with Crippen molar-refractivity contribution in [2.24, 2.45) is 10.1 Å². The summed E-state index contributed by atoms with van der Waals surface area (Å²) < 4.78 is 0. The fourth-order valence-corrected chi connectivity index (χ4v) is 2.56. The molecule has 2 aromatic rings. The molecule has 6 nitrogen and oxygen atoms in total. The van der Waals surface area contributed by atoms with E-state index in [9.17, 15) is 4.79 Å². The van der Waals surface area contributed by atoms with Crippen molar-refractivity contribution in [3.63, 3.8) is 0 Å². The van der Waals surface area contributed by atoms with Gasteiger partial charge in [0.05, 0.1) is 0 Å². The van der Waals surface area contributed by atoms with Crippen molar-refractivity contribution >= 4 is 39.9 Å². The summed E-state index contributed by atoms with van der Waals surface area (Å²) in [5.41, 5.74) is 2.41. The van der Waals surface area contributed by atoms with Crippen LogP contribution in [0.1, 0.15) is 11.1 Å². The van der Waals surface area contributed by atoms with Gasteiger partial charge in [0, 0.05) is 36.9 Å². The summed E-state index contributed by atoms with van der Waals surface area (Å²) >= 11 is 1.34. The van der Waals surface area contributed by atoms with E-state index in [4.69, 9.17) is 5.11 Å². The zero-order chi connectivity index (χ0) is 16.8. The first kappa shape index (κ1) is 16.7. The molecule has 1 aromatic carbocycles. The summed E-state index contributed by atoms with van der Waals surface area (Å²) in [4.78, 5) is 22.1. The van der Waals surface area contributed by atoms with E-state index in [1.807, 2.05) is 43.3 Å². The fraction of sp³-hybridized carbons (Fsp3) is 0.188. The number of carbonyl (C=O) groups is 1. The van der Waals surface area contributed by atoms with Crippen LogP contribution in [0.15, 0.2) is 45.9 Å². The zero-order valence-corrected chi connectivity index (χ0v) is 13.9. The molecule has 120 valence electrons. The summed E-state index contributed by atoms with van der Waals surface area (Å²) in [6.45, 7) is 0. The third-order valence-corrected chi connectivity index (χ3v) is 3.83. The molecular formula is C16H17N3O3S. The van der Waals surface area contributed by atoms with Crippen molar-refractivity contribution < 1.29 is 14.7 Å². The maximum Gasteiger partial charge on any atom is 0.358 e. The van der Waals surface area contributed by atoms with Crippen molar-refractivity contribution in [2.45, 2.75) is 0 Å². The summed E-state index contributed by atoms with van der Waals surface area (Å²) in [7, 11) is 5.28. The first-order chi connectivity index (χ1) is 11.0. The number of carboxylic acid groups (broad SMARTS) is 1. The Kier molecular flexibility index (Phi) is 5.48. The van der Waals surface area contributed by atoms with Crippen LogP contribution >= 0.6 is 11.3 Å². The monoisotopic (exact) mass is 331 g/mol. The van der Waals surface area contributed by atoms with Gasteiger partial charge in [-0.25, -0.2) is 9.79 Å². The lowest BCUT2D eigenvalue weighted by Crippen LogP contribution is -2.13. The number of nitrogens with zero attached hydrogens (tertiary/aromatic N) is 3. The lowest BCUT2D eigenvalue weighted by Gasteiger charge is -2.11. The molecule has 0 saturated heterocycles. The molecule has 0 radical (unpaired) electrons. The van der Waals surface area contributed by atoms with Gasteiger partial charge in [-0.2, -0.15) is 0 Å². The minimum atomic E-state index is -1.14. The molecule has 1 aromatic heterocycles. The van der Waals surface area contributed by atoms with Crippen LogP contribution in [0.4, 0.5) is 10.7 Å². The number of anilines is 1. The molecule has 0 saturated carbocycles. The topological polar surface area (TPSA) is 74.5 Å². The molecule has 0 aliphatic heterocycles. The Labute approximate surface area is 138 Å². The van der Waals surface area contributed by atoms with Crippen molar-refractivity contribution in [3.05, 3.63) is 46.8 Å². The number of benzene rings is 1. The predicted octanol–water partition coefficient (Wildman–Crippen LogP) is 3.00. The SMILES string of the molecule is CO/N=C(/C(=O)O)c1csc(N=Cc2ccc(N(C)C)cc2)c1. The molecule has 0 aliphatic rings. The van der Waals surface area contributed by atoms with Gasteiger partial charge in [-0.15, -0.1) is 11.3 Å². The maximum atomic E-state index is 11.1. The van der Waals surface area contributed by atoms with Crippen LogP contribution in [0.25, 0.3) is 0 Å². The highest BCUT2D eigenvalue weighted by Crippen LogP contribution is 2.24. The van der Waals surface area contributed by atoms with Gasteiger partial charge in [0.25, 0.3) is 0 Å². The second kappa shape index (κ2) is 7.55. The number of thiophene rings is 1. The molecule has 0 unspecified atom stereocenters. The second-order valence-electron chi connectivity index (χ2n) is 4.85. The Balaban J connectivity index is 2.15. The molecule has 23 heavy (non-hydrogen) atoms. The molecule has 0 spiro atoms. The third kappa shape index (κ3) is 4.40. The first-order valence-electron chi connectivity index (χ1n) is 6.76. The Morgan fingerprint density at radius 3 is 2.57 bits per heavy atom. The van der Waals surface area contributed by atoms with Crippen LogP contribution in [-0.2, 0) is 9.63 Å². The average molecular weight is 331 g/mol. The maximum absolute atomic E-state index is 11.1. The molecule has 0 atom stereocenters. The van der Waals surface area contributed by atoms with E-state index in [0.29, 0.717) is 10.6 Å². The highest BCUT2D eigenvalue weighted by atomic mass is 32.1. The van der Waals surface area contributed by atoms with Gasteiger partial charge < -0.3 is 14.8 Å². The van der Waals surface area contributed by atoms with E-state index in [-0.39, 0.29) is 5.71 Å². The second-order valence-corrected chi connectivity index (χ2v) is 5.74. The van der Waals surface area contributed by atoms with E-state index < -0.39 is 5.97 Å². The molecule has 0 amide bonds. The fourth-order valence-electron chi connectivity index (χ4n) is 1.82. The van der Waals surface area contributed by atoms with Crippen molar-refractivity contribution in [3.8, 4) is 0 Å². The summed E-state index contributed by atoms with van der Waals surface area (Å²) in [6.07, 6.45) is 1.74. The van der Waals surface area contributed by atoms with Crippen LogP contribution in [-0.4, -0.2) is 44.2 Å². The van der Waals surface area contributed by atoms with Gasteiger partial charge >= 0.3 is 5.97 Å². The Morgan fingerprint density at radius 1 is 1.30 bits per heavy atom. The van der Waals surface area contributed by atoms with Gasteiger partial charge in [-0.1, -0.05) is 17.3 Å². The number of aliphatic imine (C=N–C) groups is 1. The number of rotatable bonds is 6. The van der Waals surface area contributed by atoms with E-state index in [0.717, 1.165) is 11.3 Å². The number of carboxylic acids is 1.